The van der Waals surface area contributed by atoms with Crippen molar-refractivity contribution in [2.24, 2.45) is 0 Å². The highest BCUT2D eigenvalue weighted by Crippen LogP contribution is 2.25. The fourth-order valence-electron chi connectivity index (χ4n) is 3.57. The molecule has 8 nitrogen and oxygen atoms in total. The summed E-state index contributed by atoms with van der Waals surface area (Å²) in [6.45, 7) is 1.65. The summed E-state index contributed by atoms with van der Waals surface area (Å²) in [6, 6.07) is 21.5. The van der Waals surface area contributed by atoms with Gasteiger partial charge in [-0.25, -0.2) is 4.68 Å². The van der Waals surface area contributed by atoms with Gasteiger partial charge in [0.25, 0.3) is 11.8 Å². The van der Waals surface area contributed by atoms with Gasteiger partial charge in [-0.2, -0.15) is 5.10 Å². The third kappa shape index (κ3) is 5.92. The lowest BCUT2D eigenvalue weighted by atomic mass is 10.1. The molecule has 3 N–H and O–H groups in total. The molecule has 0 radical (unpaired) electrons. The first kappa shape index (κ1) is 24.6. The SMILES string of the molecule is CCC(CO)NC(=O)/C(=C\c1cn(-c2ccccc2)nc1-c1cccnc1)NC(=O)c1ccccc1. The highest BCUT2D eigenvalue weighted by atomic mass is 16.3. The van der Waals surface area contributed by atoms with Crippen LogP contribution in [0.3, 0.4) is 0 Å². The molecule has 0 spiro atoms. The highest BCUT2D eigenvalue weighted by molar-refractivity contribution is 6.05. The van der Waals surface area contributed by atoms with Crippen LogP contribution in [0, 0.1) is 0 Å². The molecule has 2 amide bonds. The standard InChI is InChI=1S/C28H27N5O3/c1-2-23(19-34)30-28(36)25(31-27(35)20-10-5-3-6-11-20)16-22-18-33(24-13-7-4-8-14-24)32-26(22)21-12-9-15-29-17-21/h3-18,23,34H,2,19H2,1H3,(H,30,36)(H,31,35)/b25-16+. The Bertz CT molecular complexity index is 1330. The molecule has 0 saturated carbocycles. The molecule has 0 saturated heterocycles. The van der Waals surface area contributed by atoms with Crippen molar-refractivity contribution < 1.29 is 14.7 Å². The third-order valence-electron chi connectivity index (χ3n) is 5.58. The van der Waals surface area contributed by atoms with Crippen molar-refractivity contribution in [3.05, 3.63) is 108 Å². The number of hydrogen-bond acceptors (Lipinski definition) is 5. The summed E-state index contributed by atoms with van der Waals surface area (Å²) in [5.74, 6) is -0.933. The van der Waals surface area contributed by atoms with E-state index in [1.165, 1.54) is 0 Å². The molecular formula is C28H27N5O3. The molecule has 1 unspecified atom stereocenters. The van der Waals surface area contributed by atoms with Gasteiger partial charge in [0, 0.05) is 35.3 Å². The number of nitrogens with zero attached hydrogens (tertiary/aromatic N) is 3. The van der Waals surface area contributed by atoms with Crippen LogP contribution in [0.2, 0.25) is 0 Å². The molecule has 0 fully saturated rings. The van der Waals surface area contributed by atoms with Crippen LogP contribution < -0.4 is 10.6 Å². The smallest absolute Gasteiger partial charge is 0.268 e. The molecule has 0 bridgehead atoms. The number of hydrogen-bond donors (Lipinski definition) is 3. The lowest BCUT2D eigenvalue weighted by molar-refractivity contribution is -0.118. The number of carbonyl (C=O) groups is 2. The number of pyridine rings is 1. The van der Waals surface area contributed by atoms with Gasteiger partial charge in [-0.05, 0) is 48.9 Å². The van der Waals surface area contributed by atoms with Crippen molar-refractivity contribution in [3.63, 3.8) is 0 Å². The molecule has 2 aromatic carbocycles. The number of nitrogens with one attached hydrogen (secondary N) is 2. The summed E-state index contributed by atoms with van der Waals surface area (Å²) in [4.78, 5) is 30.4. The number of carbonyl (C=O) groups excluding carboxylic acids is 2. The molecule has 36 heavy (non-hydrogen) atoms. The monoisotopic (exact) mass is 481 g/mol. The lowest BCUT2D eigenvalue weighted by Crippen LogP contribution is -2.41. The summed E-state index contributed by atoms with van der Waals surface area (Å²) in [7, 11) is 0. The Labute approximate surface area is 209 Å². The van der Waals surface area contributed by atoms with Gasteiger partial charge in [0.1, 0.15) is 11.4 Å². The minimum absolute atomic E-state index is 0.0357. The number of aliphatic hydroxyl groups excluding tert-OH is 1. The van der Waals surface area contributed by atoms with Crippen molar-refractivity contribution >= 4 is 17.9 Å². The van der Waals surface area contributed by atoms with Crippen molar-refractivity contribution in [1.82, 2.24) is 25.4 Å². The van der Waals surface area contributed by atoms with Crippen LogP contribution in [0.1, 0.15) is 29.3 Å². The van der Waals surface area contributed by atoms with Crippen molar-refractivity contribution in [3.8, 4) is 16.9 Å². The predicted molar refractivity (Wildman–Crippen MR) is 138 cm³/mol. The van der Waals surface area contributed by atoms with Gasteiger partial charge in [0.05, 0.1) is 18.3 Å². The van der Waals surface area contributed by atoms with Gasteiger partial charge >= 0.3 is 0 Å². The minimum atomic E-state index is -0.509. The van der Waals surface area contributed by atoms with Gasteiger partial charge in [-0.3, -0.25) is 14.6 Å². The first-order valence-electron chi connectivity index (χ1n) is 11.6. The average molecular weight is 482 g/mol. The van der Waals surface area contributed by atoms with Crippen LogP contribution in [0.5, 0.6) is 0 Å². The number of rotatable bonds is 9. The van der Waals surface area contributed by atoms with Crippen LogP contribution >= 0.6 is 0 Å². The topological polar surface area (TPSA) is 109 Å². The van der Waals surface area contributed by atoms with Gasteiger partial charge in [0.15, 0.2) is 0 Å². The highest BCUT2D eigenvalue weighted by Gasteiger charge is 2.20. The van der Waals surface area contributed by atoms with Crippen LogP contribution in [-0.2, 0) is 4.79 Å². The first-order chi connectivity index (χ1) is 17.6. The molecule has 8 heteroatoms. The number of para-hydroxylation sites is 1. The fourth-order valence-corrected chi connectivity index (χ4v) is 3.57. The van der Waals surface area contributed by atoms with Gasteiger partial charge in [-0.1, -0.05) is 43.3 Å². The molecule has 0 aliphatic carbocycles. The Morgan fingerprint density at radius 2 is 1.75 bits per heavy atom. The van der Waals surface area contributed by atoms with E-state index in [1.54, 1.807) is 53.6 Å². The van der Waals surface area contributed by atoms with E-state index in [1.807, 2.05) is 55.5 Å². The zero-order valence-corrected chi connectivity index (χ0v) is 19.8. The van der Waals surface area contributed by atoms with Crippen LogP contribution in [0.4, 0.5) is 0 Å². The Morgan fingerprint density at radius 1 is 1.03 bits per heavy atom. The van der Waals surface area contributed by atoms with Gasteiger partial charge in [0.2, 0.25) is 0 Å². The maximum Gasteiger partial charge on any atom is 0.268 e. The zero-order chi connectivity index (χ0) is 25.3. The zero-order valence-electron chi connectivity index (χ0n) is 19.8. The summed E-state index contributed by atoms with van der Waals surface area (Å²) in [5.41, 5.74) is 3.26. The maximum absolute atomic E-state index is 13.2. The van der Waals surface area contributed by atoms with Crippen molar-refractivity contribution in [1.29, 1.82) is 0 Å². The molecule has 4 aromatic rings. The van der Waals surface area contributed by atoms with E-state index < -0.39 is 17.9 Å². The van der Waals surface area contributed by atoms with Crippen molar-refractivity contribution in [2.45, 2.75) is 19.4 Å². The average Bonchev–Trinajstić information content (AvgIpc) is 3.36. The maximum atomic E-state index is 13.2. The molecular weight excluding hydrogens is 454 g/mol. The first-order valence-corrected chi connectivity index (χ1v) is 11.6. The van der Waals surface area contributed by atoms with E-state index in [2.05, 4.69) is 15.6 Å². The third-order valence-corrected chi connectivity index (χ3v) is 5.58. The Morgan fingerprint density at radius 3 is 2.39 bits per heavy atom. The normalized spacial score (nSPS) is 12.1. The minimum Gasteiger partial charge on any atom is -0.394 e. The van der Waals surface area contributed by atoms with E-state index in [-0.39, 0.29) is 12.3 Å². The van der Waals surface area contributed by atoms with Gasteiger partial charge in [-0.15, -0.1) is 0 Å². The molecule has 1 atom stereocenters. The Balaban J connectivity index is 1.79. The van der Waals surface area contributed by atoms with E-state index in [0.717, 1.165) is 11.3 Å². The second-order valence-electron chi connectivity index (χ2n) is 8.09. The largest absolute Gasteiger partial charge is 0.394 e. The molecule has 4 rings (SSSR count). The Kier molecular flexibility index (Phi) is 8.00. The summed E-state index contributed by atoms with van der Waals surface area (Å²) in [5, 5.41) is 19.8. The second kappa shape index (κ2) is 11.7. The number of amides is 2. The molecule has 0 aliphatic rings. The van der Waals surface area contributed by atoms with E-state index in [9.17, 15) is 14.7 Å². The van der Waals surface area contributed by atoms with Crippen LogP contribution in [0.15, 0.2) is 97.1 Å². The summed E-state index contributed by atoms with van der Waals surface area (Å²) >= 11 is 0. The van der Waals surface area contributed by atoms with E-state index in [4.69, 9.17) is 5.10 Å². The van der Waals surface area contributed by atoms with Crippen LogP contribution in [-0.4, -0.2) is 44.3 Å². The fraction of sp³-hybridized carbons (Fsp3) is 0.143. The van der Waals surface area contributed by atoms with E-state index >= 15 is 0 Å². The predicted octanol–water partition coefficient (Wildman–Crippen LogP) is 3.59. The summed E-state index contributed by atoms with van der Waals surface area (Å²) in [6.07, 6.45) is 7.29. The number of benzene rings is 2. The van der Waals surface area contributed by atoms with Gasteiger partial charge < -0.3 is 15.7 Å². The number of aliphatic hydroxyl groups is 1. The molecule has 182 valence electrons. The van der Waals surface area contributed by atoms with Crippen molar-refractivity contribution in [2.75, 3.05) is 6.61 Å². The molecule has 2 aromatic heterocycles. The summed E-state index contributed by atoms with van der Waals surface area (Å²) < 4.78 is 1.71. The molecule has 0 aliphatic heterocycles. The number of aromatic nitrogens is 3. The quantitative estimate of drug-likeness (QED) is 0.317. The second-order valence-corrected chi connectivity index (χ2v) is 8.09. The van der Waals surface area contributed by atoms with Crippen LogP contribution in [0.25, 0.3) is 23.0 Å². The Hall–Kier alpha value is -4.56. The lowest BCUT2D eigenvalue weighted by Gasteiger charge is -2.16. The molecule has 2 heterocycles. The van der Waals surface area contributed by atoms with E-state index in [0.29, 0.717) is 23.2 Å².